The number of halogens is 4. The number of para-hydroxylation sites is 1. The van der Waals surface area contributed by atoms with Crippen LogP contribution in [0, 0.1) is 5.82 Å². The Hall–Kier alpha value is -2.87. The number of nitrogens with zero attached hydrogens (tertiary/aromatic N) is 2. The quantitative estimate of drug-likeness (QED) is 0.448. The number of nitrogens with one attached hydrogen (secondary N) is 1. The van der Waals surface area contributed by atoms with E-state index in [2.05, 4.69) is 5.32 Å². The molecule has 9 heteroatoms. The summed E-state index contributed by atoms with van der Waals surface area (Å²) in [6.07, 6.45) is -0.944. The Morgan fingerprint density at radius 1 is 1.15 bits per heavy atom. The standard InChI is InChI=1S/C25H23Cl2F2N3O2/c1-31(24-20(27)3-2-4-21(24)29)22-8-6-15(12-23(22)32-13-17(28)14-32)18-11-16(5-7-19(18)26)25(34)30-9-10-33/h2-8,11-12,17,33H,9-10,13-14H2,1H3,(H,30,34). The first kappa shape index (κ1) is 24.3. The maximum Gasteiger partial charge on any atom is 0.251 e. The third-order valence-electron chi connectivity index (χ3n) is 5.72. The van der Waals surface area contributed by atoms with Gasteiger partial charge in [-0.05, 0) is 48.0 Å². The van der Waals surface area contributed by atoms with Crippen LogP contribution in [0.1, 0.15) is 10.4 Å². The summed E-state index contributed by atoms with van der Waals surface area (Å²) in [5.41, 5.74) is 3.29. The van der Waals surface area contributed by atoms with Crippen LogP contribution in [-0.4, -0.2) is 50.5 Å². The van der Waals surface area contributed by atoms with Gasteiger partial charge in [0.2, 0.25) is 0 Å². The Balaban J connectivity index is 1.77. The van der Waals surface area contributed by atoms with E-state index in [0.29, 0.717) is 27.5 Å². The molecule has 3 aromatic rings. The van der Waals surface area contributed by atoms with Gasteiger partial charge in [0.15, 0.2) is 0 Å². The number of hydrogen-bond acceptors (Lipinski definition) is 4. The molecular formula is C25H23Cl2F2N3O2. The smallest absolute Gasteiger partial charge is 0.251 e. The highest BCUT2D eigenvalue weighted by Crippen LogP contribution is 2.42. The van der Waals surface area contributed by atoms with Crippen molar-refractivity contribution in [1.29, 1.82) is 0 Å². The first-order valence-electron chi connectivity index (χ1n) is 10.7. The van der Waals surface area contributed by atoms with Gasteiger partial charge < -0.3 is 20.2 Å². The SMILES string of the molecule is CN(c1ccc(-c2cc(C(=O)NCCO)ccc2Cl)cc1N1CC(F)C1)c1c(F)cccc1Cl. The van der Waals surface area contributed by atoms with Crippen molar-refractivity contribution in [3.8, 4) is 11.1 Å². The third-order valence-corrected chi connectivity index (χ3v) is 6.36. The molecule has 0 radical (unpaired) electrons. The highest BCUT2D eigenvalue weighted by Gasteiger charge is 2.30. The topological polar surface area (TPSA) is 55.8 Å². The summed E-state index contributed by atoms with van der Waals surface area (Å²) >= 11 is 12.7. The molecule has 1 aliphatic rings. The second kappa shape index (κ2) is 10.2. The molecule has 1 fully saturated rings. The number of aliphatic hydroxyl groups excluding tert-OH is 1. The van der Waals surface area contributed by atoms with Crippen LogP contribution in [0.2, 0.25) is 10.0 Å². The van der Waals surface area contributed by atoms with Crippen molar-refractivity contribution in [3.63, 3.8) is 0 Å². The minimum absolute atomic E-state index is 0.139. The van der Waals surface area contributed by atoms with Gasteiger partial charge >= 0.3 is 0 Å². The molecule has 34 heavy (non-hydrogen) atoms. The van der Waals surface area contributed by atoms with E-state index in [1.807, 2.05) is 17.0 Å². The van der Waals surface area contributed by atoms with Gasteiger partial charge in [0.1, 0.15) is 12.0 Å². The van der Waals surface area contributed by atoms with Crippen LogP contribution < -0.4 is 15.1 Å². The molecule has 0 aliphatic carbocycles. The first-order valence-corrected chi connectivity index (χ1v) is 11.5. The Morgan fingerprint density at radius 2 is 1.91 bits per heavy atom. The number of carbonyl (C=O) groups excluding carboxylic acids is 1. The van der Waals surface area contributed by atoms with Gasteiger partial charge in [0.05, 0.1) is 41.8 Å². The number of amides is 1. The number of aliphatic hydroxyl groups is 1. The summed E-state index contributed by atoms with van der Waals surface area (Å²) in [4.78, 5) is 15.9. The third kappa shape index (κ3) is 4.82. The number of rotatable bonds is 7. The van der Waals surface area contributed by atoms with Crippen molar-refractivity contribution in [1.82, 2.24) is 5.32 Å². The molecule has 0 unspecified atom stereocenters. The maximum atomic E-state index is 14.6. The zero-order chi connectivity index (χ0) is 24.4. The van der Waals surface area contributed by atoms with Gasteiger partial charge in [-0.25, -0.2) is 8.78 Å². The Labute approximate surface area is 206 Å². The molecule has 0 saturated carbocycles. The highest BCUT2D eigenvalue weighted by molar-refractivity contribution is 6.34. The molecule has 2 N–H and O–H groups in total. The zero-order valence-corrected chi connectivity index (χ0v) is 19.9. The molecule has 0 atom stereocenters. The fraction of sp³-hybridized carbons (Fsp3) is 0.240. The largest absolute Gasteiger partial charge is 0.395 e. The van der Waals surface area contributed by atoms with Crippen molar-refractivity contribution in [3.05, 3.63) is 76.0 Å². The lowest BCUT2D eigenvalue weighted by atomic mass is 9.99. The van der Waals surface area contributed by atoms with Gasteiger partial charge in [-0.2, -0.15) is 0 Å². The molecule has 1 saturated heterocycles. The molecule has 5 nitrogen and oxygen atoms in total. The van der Waals surface area contributed by atoms with Crippen LogP contribution in [0.3, 0.4) is 0 Å². The molecule has 0 aromatic heterocycles. The fourth-order valence-corrected chi connectivity index (χ4v) is 4.45. The van der Waals surface area contributed by atoms with Crippen LogP contribution in [-0.2, 0) is 0 Å². The molecule has 1 heterocycles. The normalized spacial score (nSPS) is 13.5. The van der Waals surface area contributed by atoms with Crippen molar-refractivity contribution >= 4 is 46.2 Å². The van der Waals surface area contributed by atoms with E-state index >= 15 is 0 Å². The van der Waals surface area contributed by atoms with Gasteiger partial charge in [-0.1, -0.05) is 35.3 Å². The van der Waals surface area contributed by atoms with Crippen molar-refractivity contribution in [2.24, 2.45) is 0 Å². The van der Waals surface area contributed by atoms with Crippen molar-refractivity contribution in [2.45, 2.75) is 6.17 Å². The number of anilines is 3. The van der Waals surface area contributed by atoms with Gasteiger partial charge in [-0.15, -0.1) is 0 Å². The monoisotopic (exact) mass is 505 g/mol. The van der Waals surface area contributed by atoms with E-state index in [1.54, 1.807) is 42.3 Å². The van der Waals surface area contributed by atoms with Crippen LogP contribution in [0.4, 0.5) is 25.8 Å². The average Bonchev–Trinajstić information content (AvgIpc) is 2.80. The highest BCUT2D eigenvalue weighted by atomic mass is 35.5. The molecule has 1 aliphatic heterocycles. The van der Waals surface area contributed by atoms with Crippen LogP contribution in [0.15, 0.2) is 54.6 Å². The number of benzene rings is 3. The summed E-state index contributed by atoms with van der Waals surface area (Å²) in [5.74, 6) is -0.803. The van der Waals surface area contributed by atoms with E-state index in [-0.39, 0.29) is 42.9 Å². The lowest BCUT2D eigenvalue weighted by molar-refractivity contribution is 0.0945. The van der Waals surface area contributed by atoms with Gasteiger partial charge in [0, 0.05) is 29.7 Å². The molecule has 0 bridgehead atoms. The number of carbonyl (C=O) groups is 1. The molecular weight excluding hydrogens is 483 g/mol. The Morgan fingerprint density at radius 3 is 2.59 bits per heavy atom. The summed E-state index contributed by atoms with van der Waals surface area (Å²) < 4.78 is 28.4. The molecule has 1 amide bonds. The molecule has 178 valence electrons. The van der Waals surface area contributed by atoms with E-state index in [1.165, 1.54) is 12.1 Å². The van der Waals surface area contributed by atoms with Gasteiger partial charge in [-0.3, -0.25) is 4.79 Å². The van der Waals surface area contributed by atoms with E-state index in [0.717, 1.165) is 5.56 Å². The van der Waals surface area contributed by atoms with Crippen LogP contribution >= 0.6 is 23.2 Å². The maximum absolute atomic E-state index is 14.6. The number of alkyl halides is 1. The minimum Gasteiger partial charge on any atom is -0.395 e. The second-order valence-electron chi connectivity index (χ2n) is 8.01. The summed E-state index contributed by atoms with van der Waals surface area (Å²) in [5, 5.41) is 12.3. The predicted molar refractivity (Wildman–Crippen MR) is 133 cm³/mol. The molecule has 0 spiro atoms. The molecule has 3 aromatic carbocycles. The van der Waals surface area contributed by atoms with E-state index in [4.69, 9.17) is 28.3 Å². The Bertz CT molecular complexity index is 1200. The lowest BCUT2D eigenvalue weighted by Gasteiger charge is -2.39. The van der Waals surface area contributed by atoms with Crippen LogP contribution in [0.25, 0.3) is 11.1 Å². The van der Waals surface area contributed by atoms with Crippen LogP contribution in [0.5, 0.6) is 0 Å². The first-order chi connectivity index (χ1) is 16.3. The molecule has 4 rings (SSSR count). The summed E-state index contributed by atoms with van der Waals surface area (Å²) in [6.45, 7) is 0.404. The van der Waals surface area contributed by atoms with Gasteiger partial charge in [0.25, 0.3) is 5.91 Å². The van der Waals surface area contributed by atoms with Crippen molar-refractivity contribution < 1.29 is 18.7 Å². The summed E-state index contributed by atoms with van der Waals surface area (Å²) in [6, 6.07) is 14.8. The average molecular weight is 506 g/mol. The Kier molecular flexibility index (Phi) is 7.26. The lowest BCUT2D eigenvalue weighted by Crippen LogP contribution is -2.48. The second-order valence-corrected chi connectivity index (χ2v) is 8.82. The predicted octanol–water partition coefficient (Wildman–Crippen LogP) is 5.45. The van der Waals surface area contributed by atoms with E-state index < -0.39 is 12.0 Å². The number of hydrogen-bond donors (Lipinski definition) is 2. The van der Waals surface area contributed by atoms with Crippen molar-refractivity contribution in [2.75, 3.05) is 43.1 Å². The zero-order valence-electron chi connectivity index (χ0n) is 18.4. The van der Waals surface area contributed by atoms with E-state index in [9.17, 15) is 13.6 Å². The minimum atomic E-state index is -0.944. The summed E-state index contributed by atoms with van der Waals surface area (Å²) in [7, 11) is 1.70. The fourth-order valence-electron chi connectivity index (χ4n) is 3.94.